The Labute approximate surface area is 208 Å². The number of carbonyl (C=O) groups excluding carboxylic acids is 1. The molecule has 5 nitrogen and oxygen atoms in total. The van der Waals surface area contributed by atoms with E-state index in [0.29, 0.717) is 22.9 Å². The number of amides is 1. The van der Waals surface area contributed by atoms with E-state index in [0.717, 1.165) is 27.5 Å². The van der Waals surface area contributed by atoms with Crippen LogP contribution in [-0.2, 0) is 6.54 Å². The first-order chi connectivity index (χ1) is 17.1. The van der Waals surface area contributed by atoms with Crippen LogP contribution in [0.25, 0.3) is 21.9 Å². The molecular formula is C29H24ClNO4. The highest BCUT2D eigenvalue weighted by molar-refractivity contribution is 6.30. The monoisotopic (exact) mass is 485 g/mol. The van der Waals surface area contributed by atoms with E-state index < -0.39 is 6.10 Å². The maximum Gasteiger partial charge on any atom is 0.254 e. The second-order valence-corrected chi connectivity index (χ2v) is 8.84. The summed E-state index contributed by atoms with van der Waals surface area (Å²) in [5.74, 6) is 0.442. The van der Waals surface area contributed by atoms with Crippen LogP contribution in [0, 0.1) is 0 Å². The Bertz CT molecular complexity index is 1450. The van der Waals surface area contributed by atoms with E-state index in [1.54, 1.807) is 29.2 Å². The van der Waals surface area contributed by atoms with Crippen LogP contribution in [0.4, 0.5) is 0 Å². The highest BCUT2D eigenvalue weighted by Crippen LogP contribution is 2.31. The number of carbonyl (C=O) groups is 1. The lowest BCUT2D eigenvalue weighted by molar-refractivity contribution is 0.0482. The van der Waals surface area contributed by atoms with E-state index in [4.69, 9.17) is 20.8 Å². The van der Waals surface area contributed by atoms with Gasteiger partial charge in [0.25, 0.3) is 5.91 Å². The fraction of sp³-hybridized carbons (Fsp3) is 0.138. The molecule has 4 aromatic carbocycles. The van der Waals surface area contributed by atoms with Crippen molar-refractivity contribution in [3.63, 3.8) is 0 Å². The van der Waals surface area contributed by atoms with Gasteiger partial charge in [-0.05, 0) is 54.1 Å². The molecule has 0 saturated heterocycles. The number of hydrogen-bond donors (Lipinski definition) is 1. The molecule has 1 amide bonds. The molecule has 0 radical (unpaired) electrons. The molecule has 1 heterocycles. The zero-order chi connectivity index (χ0) is 24.2. The van der Waals surface area contributed by atoms with Crippen LogP contribution < -0.4 is 4.74 Å². The number of benzene rings is 4. The molecule has 176 valence electrons. The number of halogens is 1. The molecule has 1 N–H and O–H groups in total. The van der Waals surface area contributed by atoms with Crippen molar-refractivity contribution in [3.05, 3.63) is 113 Å². The van der Waals surface area contributed by atoms with Crippen LogP contribution >= 0.6 is 11.6 Å². The van der Waals surface area contributed by atoms with Crippen LogP contribution in [-0.4, -0.2) is 35.2 Å². The number of ether oxygens (including phenoxy) is 1. The Morgan fingerprint density at radius 3 is 2.40 bits per heavy atom. The lowest BCUT2D eigenvalue weighted by atomic mass is 10.1. The summed E-state index contributed by atoms with van der Waals surface area (Å²) in [4.78, 5) is 14.9. The van der Waals surface area contributed by atoms with E-state index >= 15 is 0 Å². The summed E-state index contributed by atoms with van der Waals surface area (Å²) < 4.78 is 11.8. The van der Waals surface area contributed by atoms with Crippen LogP contribution in [0.3, 0.4) is 0 Å². The molecule has 0 aliphatic carbocycles. The SMILES string of the molecule is O=C(c1ccc(Cl)cc1)N(Cc1ccccc1)CC(O)COc1ccc2oc3ccccc3c2c1. The van der Waals surface area contributed by atoms with Crippen molar-refractivity contribution in [1.82, 2.24) is 4.90 Å². The summed E-state index contributed by atoms with van der Waals surface area (Å²) >= 11 is 5.98. The lowest BCUT2D eigenvalue weighted by Gasteiger charge is -2.26. The van der Waals surface area contributed by atoms with Gasteiger partial charge in [-0.3, -0.25) is 4.79 Å². The first-order valence-corrected chi connectivity index (χ1v) is 11.8. The Hall–Kier alpha value is -3.80. The van der Waals surface area contributed by atoms with E-state index in [-0.39, 0.29) is 19.1 Å². The highest BCUT2D eigenvalue weighted by Gasteiger charge is 2.20. The van der Waals surface area contributed by atoms with Gasteiger partial charge in [-0.1, -0.05) is 60.1 Å². The molecule has 1 aromatic heterocycles. The third-order valence-corrected chi connectivity index (χ3v) is 6.07. The minimum atomic E-state index is -0.883. The van der Waals surface area contributed by atoms with E-state index in [9.17, 15) is 9.90 Å². The van der Waals surface area contributed by atoms with Gasteiger partial charge in [0.15, 0.2) is 0 Å². The van der Waals surface area contributed by atoms with Crippen LogP contribution in [0.5, 0.6) is 5.75 Å². The zero-order valence-electron chi connectivity index (χ0n) is 18.9. The van der Waals surface area contributed by atoms with Crippen molar-refractivity contribution in [3.8, 4) is 5.75 Å². The van der Waals surface area contributed by atoms with Gasteiger partial charge in [0.1, 0.15) is 29.6 Å². The molecule has 0 spiro atoms. The predicted molar refractivity (Wildman–Crippen MR) is 138 cm³/mol. The number of rotatable bonds is 8. The van der Waals surface area contributed by atoms with Gasteiger partial charge in [-0.25, -0.2) is 0 Å². The minimum absolute atomic E-state index is 0.0421. The molecule has 0 bridgehead atoms. The molecule has 0 aliphatic rings. The summed E-state index contributed by atoms with van der Waals surface area (Å²) in [7, 11) is 0. The molecule has 0 saturated carbocycles. The average molecular weight is 486 g/mol. The Kier molecular flexibility index (Phi) is 6.70. The van der Waals surface area contributed by atoms with Crippen molar-refractivity contribution < 1.29 is 19.1 Å². The van der Waals surface area contributed by atoms with Crippen molar-refractivity contribution >= 4 is 39.4 Å². The first-order valence-electron chi connectivity index (χ1n) is 11.4. The van der Waals surface area contributed by atoms with Crippen molar-refractivity contribution in [2.24, 2.45) is 0 Å². The Balaban J connectivity index is 1.30. The summed E-state index contributed by atoms with van der Waals surface area (Å²) in [6.45, 7) is 0.528. The van der Waals surface area contributed by atoms with E-state index in [1.165, 1.54) is 0 Å². The van der Waals surface area contributed by atoms with Crippen LogP contribution in [0.1, 0.15) is 15.9 Å². The normalized spacial score (nSPS) is 12.1. The Morgan fingerprint density at radius 2 is 1.60 bits per heavy atom. The number of furan rings is 1. The molecule has 1 unspecified atom stereocenters. The summed E-state index contributed by atoms with van der Waals surface area (Å²) in [6.07, 6.45) is -0.883. The zero-order valence-corrected chi connectivity index (χ0v) is 19.7. The van der Waals surface area contributed by atoms with Crippen molar-refractivity contribution in [2.75, 3.05) is 13.2 Å². The largest absolute Gasteiger partial charge is 0.491 e. The fourth-order valence-electron chi connectivity index (χ4n) is 4.09. The van der Waals surface area contributed by atoms with Gasteiger partial charge in [0, 0.05) is 27.9 Å². The molecule has 6 heteroatoms. The molecule has 0 aliphatic heterocycles. The fourth-order valence-corrected chi connectivity index (χ4v) is 4.22. The molecular weight excluding hydrogens is 462 g/mol. The van der Waals surface area contributed by atoms with Gasteiger partial charge in [-0.2, -0.15) is 0 Å². The van der Waals surface area contributed by atoms with Gasteiger partial charge in [0.2, 0.25) is 0 Å². The van der Waals surface area contributed by atoms with Crippen molar-refractivity contribution in [2.45, 2.75) is 12.6 Å². The van der Waals surface area contributed by atoms with Gasteiger partial charge in [-0.15, -0.1) is 0 Å². The topological polar surface area (TPSA) is 62.9 Å². The standard InChI is InChI=1S/C29H24ClNO4/c30-22-12-10-21(11-13-22)29(33)31(17-20-6-2-1-3-7-20)18-23(32)19-34-24-14-15-28-26(16-24)25-8-4-5-9-27(25)35-28/h1-16,23,32H,17-19H2. The highest BCUT2D eigenvalue weighted by atomic mass is 35.5. The molecule has 35 heavy (non-hydrogen) atoms. The van der Waals surface area contributed by atoms with Gasteiger partial charge in [0.05, 0.1) is 6.54 Å². The van der Waals surface area contributed by atoms with E-state index in [2.05, 4.69) is 0 Å². The lowest BCUT2D eigenvalue weighted by Crippen LogP contribution is -2.39. The molecule has 5 aromatic rings. The average Bonchev–Trinajstić information content (AvgIpc) is 3.26. The number of aliphatic hydroxyl groups excluding tert-OH is 1. The third-order valence-electron chi connectivity index (χ3n) is 5.82. The molecule has 1 atom stereocenters. The second-order valence-electron chi connectivity index (χ2n) is 8.40. The second kappa shape index (κ2) is 10.2. The number of nitrogens with zero attached hydrogens (tertiary/aromatic N) is 1. The predicted octanol–water partition coefficient (Wildman–Crippen LogP) is 6.32. The van der Waals surface area contributed by atoms with Crippen LogP contribution in [0.2, 0.25) is 5.02 Å². The summed E-state index contributed by atoms with van der Waals surface area (Å²) in [6, 6.07) is 29.9. The number of aliphatic hydroxyl groups is 1. The van der Waals surface area contributed by atoms with Crippen molar-refractivity contribution in [1.29, 1.82) is 0 Å². The first kappa shape index (κ1) is 23.0. The number of fused-ring (bicyclic) bond motifs is 3. The molecule has 0 fully saturated rings. The maximum atomic E-state index is 13.2. The number of hydrogen-bond acceptors (Lipinski definition) is 4. The quantitative estimate of drug-likeness (QED) is 0.279. The third kappa shape index (κ3) is 5.32. The maximum absolute atomic E-state index is 13.2. The van der Waals surface area contributed by atoms with Crippen LogP contribution in [0.15, 0.2) is 101 Å². The van der Waals surface area contributed by atoms with Gasteiger partial charge < -0.3 is 19.2 Å². The molecule has 5 rings (SSSR count). The smallest absolute Gasteiger partial charge is 0.254 e. The minimum Gasteiger partial charge on any atom is -0.491 e. The van der Waals surface area contributed by atoms with Gasteiger partial charge >= 0.3 is 0 Å². The summed E-state index contributed by atoms with van der Waals surface area (Å²) in [5.41, 5.74) is 3.08. The van der Waals surface area contributed by atoms with E-state index in [1.807, 2.05) is 72.8 Å². The summed E-state index contributed by atoms with van der Waals surface area (Å²) in [5, 5.41) is 13.3. The number of para-hydroxylation sites is 1. The Morgan fingerprint density at radius 1 is 0.886 bits per heavy atom.